The minimum atomic E-state index is -0.465. The molecule has 1 aliphatic heterocycles. The van der Waals surface area contributed by atoms with E-state index >= 15 is 0 Å². The number of hydrogen-bond donors (Lipinski definition) is 2. The lowest BCUT2D eigenvalue weighted by molar-refractivity contribution is -0.116. The molecule has 5 rings (SSSR count). The lowest BCUT2D eigenvalue weighted by Gasteiger charge is -2.29. The number of benzene rings is 2. The fourth-order valence-corrected chi connectivity index (χ4v) is 4.87. The Bertz CT molecular complexity index is 1370. The number of carbonyl (C=O) groups excluding carboxylic acids is 1. The van der Waals surface area contributed by atoms with E-state index in [1.807, 2.05) is 35.4 Å². The van der Waals surface area contributed by atoms with Gasteiger partial charge >= 0.3 is 0 Å². The molecule has 36 heavy (non-hydrogen) atoms. The number of aromatic nitrogens is 2. The number of thiocarbonyl (C=S) groups is 1. The summed E-state index contributed by atoms with van der Waals surface area (Å²) in [7, 11) is 0. The van der Waals surface area contributed by atoms with Gasteiger partial charge in [-0.1, -0.05) is 35.9 Å². The summed E-state index contributed by atoms with van der Waals surface area (Å²) >= 11 is 5.73. The molecule has 0 spiro atoms. The zero-order chi connectivity index (χ0) is 25.1. The maximum absolute atomic E-state index is 14.0. The van der Waals surface area contributed by atoms with Crippen LogP contribution in [0.1, 0.15) is 35.5 Å². The minimum absolute atomic E-state index is 0.146. The van der Waals surface area contributed by atoms with Crippen LogP contribution in [0.3, 0.4) is 0 Å². The van der Waals surface area contributed by atoms with Gasteiger partial charge in [0.1, 0.15) is 5.82 Å². The Morgan fingerprint density at radius 1 is 1.06 bits per heavy atom. The summed E-state index contributed by atoms with van der Waals surface area (Å²) in [4.78, 5) is 19.3. The van der Waals surface area contributed by atoms with Crippen LogP contribution in [0.2, 0.25) is 0 Å². The van der Waals surface area contributed by atoms with Gasteiger partial charge in [0.2, 0.25) is 5.91 Å². The molecule has 0 aliphatic carbocycles. The monoisotopic (exact) mass is 499 g/mol. The molecule has 2 aromatic heterocycles. The van der Waals surface area contributed by atoms with E-state index in [0.717, 1.165) is 17.1 Å². The topological polar surface area (TPSA) is 62.2 Å². The molecule has 2 N–H and O–H groups in total. The largest absolute Gasteiger partial charge is 0.352 e. The maximum Gasteiger partial charge on any atom is 0.226 e. The van der Waals surface area contributed by atoms with E-state index in [9.17, 15) is 9.18 Å². The van der Waals surface area contributed by atoms with Gasteiger partial charge in [-0.15, -0.1) is 0 Å². The van der Waals surface area contributed by atoms with Gasteiger partial charge in [0.25, 0.3) is 0 Å². The Kier molecular flexibility index (Phi) is 6.77. The van der Waals surface area contributed by atoms with E-state index < -0.39 is 5.82 Å². The van der Waals surface area contributed by atoms with Gasteiger partial charge < -0.3 is 20.1 Å². The van der Waals surface area contributed by atoms with Gasteiger partial charge in [0.05, 0.1) is 23.5 Å². The Labute approximate surface area is 214 Å². The molecule has 6 nitrogen and oxygen atoms in total. The molecule has 2 atom stereocenters. The number of para-hydroxylation sites is 1. The fraction of sp³-hybridized carbons (Fsp3) is 0.179. The van der Waals surface area contributed by atoms with Crippen molar-refractivity contribution in [2.75, 3.05) is 11.9 Å². The smallest absolute Gasteiger partial charge is 0.226 e. The molecular formula is C28H26FN5OS. The second kappa shape index (κ2) is 10.3. The minimum Gasteiger partial charge on any atom is -0.352 e. The number of pyridine rings is 1. The van der Waals surface area contributed by atoms with Crippen molar-refractivity contribution in [3.8, 4) is 5.69 Å². The quantitative estimate of drug-likeness (QED) is 0.337. The molecule has 182 valence electrons. The first-order valence-corrected chi connectivity index (χ1v) is 12.2. The Morgan fingerprint density at radius 3 is 2.58 bits per heavy atom. The third-order valence-corrected chi connectivity index (χ3v) is 6.67. The number of nitrogens with zero attached hydrogens (tertiary/aromatic N) is 3. The maximum atomic E-state index is 14.0. The molecule has 0 bridgehead atoms. The molecule has 1 aliphatic rings. The van der Waals surface area contributed by atoms with Crippen LogP contribution in [0, 0.1) is 12.7 Å². The summed E-state index contributed by atoms with van der Waals surface area (Å²) < 4.78 is 16.1. The SMILES string of the molecule is Cc1ccc(-n2cccc2C2C(c3ccccn3)NC(=S)N2CCC(=O)Nc2ccccc2F)cc1. The average Bonchev–Trinajstić information content (AvgIpc) is 3.49. The molecule has 1 saturated heterocycles. The molecule has 2 unspecified atom stereocenters. The van der Waals surface area contributed by atoms with Crippen LogP contribution < -0.4 is 10.6 Å². The molecular weight excluding hydrogens is 473 g/mol. The van der Waals surface area contributed by atoms with Crippen molar-refractivity contribution in [1.82, 2.24) is 19.8 Å². The molecule has 1 fully saturated rings. The number of aryl methyl sites for hydroxylation is 1. The van der Waals surface area contributed by atoms with Crippen LogP contribution in [0.5, 0.6) is 0 Å². The standard InChI is InChI=1S/C28H26FN5OS/c1-19-11-13-20(14-12-19)33-17-6-10-24(33)27-26(23-9-4-5-16-30-23)32-28(36)34(27)18-15-25(35)31-22-8-3-2-7-21(22)29/h2-14,16-17,26-27H,15,18H2,1H3,(H,31,35)(H,32,36). The Balaban J connectivity index is 1.44. The van der Waals surface area contributed by atoms with Gasteiger partial charge in [0, 0.05) is 36.7 Å². The van der Waals surface area contributed by atoms with E-state index in [0.29, 0.717) is 11.7 Å². The van der Waals surface area contributed by atoms with Crippen molar-refractivity contribution in [1.29, 1.82) is 0 Å². The molecule has 8 heteroatoms. The zero-order valence-corrected chi connectivity index (χ0v) is 20.6. The highest BCUT2D eigenvalue weighted by molar-refractivity contribution is 7.80. The van der Waals surface area contributed by atoms with E-state index in [-0.39, 0.29) is 30.1 Å². The first-order valence-electron chi connectivity index (χ1n) is 11.8. The van der Waals surface area contributed by atoms with Crippen LogP contribution in [-0.4, -0.2) is 32.0 Å². The lowest BCUT2D eigenvalue weighted by Crippen LogP contribution is -2.33. The van der Waals surface area contributed by atoms with Crippen molar-refractivity contribution in [3.05, 3.63) is 114 Å². The number of halogens is 1. The van der Waals surface area contributed by atoms with E-state index in [1.54, 1.807) is 24.4 Å². The normalized spacial score (nSPS) is 17.2. The third-order valence-electron chi connectivity index (χ3n) is 6.32. The molecule has 0 saturated carbocycles. The number of carbonyl (C=O) groups is 1. The molecule has 0 radical (unpaired) electrons. The summed E-state index contributed by atoms with van der Waals surface area (Å²) in [5.41, 5.74) is 4.28. The molecule has 2 aromatic carbocycles. The van der Waals surface area contributed by atoms with Crippen LogP contribution in [-0.2, 0) is 4.79 Å². The number of anilines is 1. The van der Waals surface area contributed by atoms with Crippen molar-refractivity contribution in [3.63, 3.8) is 0 Å². The van der Waals surface area contributed by atoms with Crippen LogP contribution in [0.25, 0.3) is 5.69 Å². The van der Waals surface area contributed by atoms with Gasteiger partial charge in [-0.05, 0) is 67.7 Å². The highest BCUT2D eigenvalue weighted by atomic mass is 32.1. The number of nitrogens with one attached hydrogen (secondary N) is 2. The van der Waals surface area contributed by atoms with Crippen molar-refractivity contribution in [2.45, 2.75) is 25.4 Å². The van der Waals surface area contributed by atoms with Crippen molar-refractivity contribution in [2.24, 2.45) is 0 Å². The van der Waals surface area contributed by atoms with Gasteiger partial charge in [0.15, 0.2) is 5.11 Å². The second-order valence-corrected chi connectivity index (χ2v) is 9.12. The molecule has 1 amide bonds. The van der Waals surface area contributed by atoms with Crippen LogP contribution in [0.15, 0.2) is 91.3 Å². The summed E-state index contributed by atoms with van der Waals surface area (Å²) in [6.45, 7) is 2.42. The van der Waals surface area contributed by atoms with Crippen LogP contribution >= 0.6 is 12.2 Å². The first-order chi connectivity index (χ1) is 17.5. The molecule has 4 aromatic rings. The predicted octanol–water partition coefficient (Wildman–Crippen LogP) is 5.32. The summed E-state index contributed by atoms with van der Waals surface area (Å²) in [6.07, 6.45) is 3.94. The fourth-order valence-electron chi connectivity index (χ4n) is 4.54. The Morgan fingerprint density at radius 2 is 1.83 bits per heavy atom. The number of rotatable bonds is 7. The van der Waals surface area contributed by atoms with Crippen LogP contribution in [0.4, 0.5) is 10.1 Å². The first kappa shape index (κ1) is 23.7. The number of hydrogen-bond acceptors (Lipinski definition) is 3. The van der Waals surface area contributed by atoms with E-state index in [4.69, 9.17) is 12.2 Å². The number of amides is 1. The third kappa shape index (κ3) is 4.85. The predicted molar refractivity (Wildman–Crippen MR) is 142 cm³/mol. The summed E-state index contributed by atoms with van der Waals surface area (Å²) in [6, 6.07) is 24.0. The summed E-state index contributed by atoms with van der Waals surface area (Å²) in [5.74, 6) is -0.745. The highest BCUT2D eigenvalue weighted by Crippen LogP contribution is 2.39. The van der Waals surface area contributed by atoms with Gasteiger partial charge in [-0.3, -0.25) is 9.78 Å². The summed E-state index contributed by atoms with van der Waals surface area (Å²) in [5, 5.41) is 6.63. The Hall–Kier alpha value is -4.04. The van der Waals surface area contributed by atoms with Crippen molar-refractivity contribution >= 4 is 28.9 Å². The highest BCUT2D eigenvalue weighted by Gasteiger charge is 2.41. The van der Waals surface area contributed by atoms with E-state index in [1.165, 1.54) is 11.6 Å². The van der Waals surface area contributed by atoms with Crippen molar-refractivity contribution < 1.29 is 9.18 Å². The van der Waals surface area contributed by atoms with Gasteiger partial charge in [-0.25, -0.2) is 4.39 Å². The lowest BCUT2D eigenvalue weighted by atomic mass is 10.0. The zero-order valence-electron chi connectivity index (χ0n) is 19.8. The second-order valence-electron chi connectivity index (χ2n) is 8.74. The van der Waals surface area contributed by atoms with Gasteiger partial charge in [-0.2, -0.15) is 0 Å². The molecule has 3 heterocycles. The average molecular weight is 500 g/mol. The van der Waals surface area contributed by atoms with E-state index in [2.05, 4.69) is 57.4 Å².